The monoisotopic (exact) mass is 257 g/mol. The molecule has 0 bridgehead atoms. The van der Waals surface area contributed by atoms with E-state index in [-0.39, 0.29) is 11.5 Å². The van der Waals surface area contributed by atoms with Crippen LogP contribution in [-0.2, 0) is 0 Å². The van der Waals surface area contributed by atoms with Gasteiger partial charge in [0.25, 0.3) is 0 Å². The first-order valence-electron chi connectivity index (χ1n) is 5.53. The van der Waals surface area contributed by atoms with Crippen molar-refractivity contribution in [3.05, 3.63) is 42.0 Å². The number of aryl methyl sites for hydroxylation is 1. The number of benzene rings is 2. The summed E-state index contributed by atoms with van der Waals surface area (Å²) in [7, 11) is 0. The number of phenolic OH excluding ortho intramolecular Hbond substituents is 2. The van der Waals surface area contributed by atoms with Crippen molar-refractivity contribution in [3.8, 4) is 22.1 Å². The lowest BCUT2D eigenvalue weighted by Gasteiger charge is -2.01. The molecule has 0 aliphatic rings. The Bertz CT molecular complexity index is 734. The van der Waals surface area contributed by atoms with Crippen LogP contribution in [0.4, 0.5) is 0 Å². The second kappa shape index (κ2) is 3.99. The predicted molar refractivity (Wildman–Crippen MR) is 73.1 cm³/mol. The Morgan fingerprint density at radius 2 is 1.94 bits per heavy atom. The Morgan fingerprint density at radius 3 is 2.78 bits per heavy atom. The third-order valence-electron chi connectivity index (χ3n) is 2.79. The van der Waals surface area contributed by atoms with Gasteiger partial charge < -0.3 is 10.2 Å². The maximum atomic E-state index is 9.85. The number of fused-ring (bicyclic) bond motifs is 1. The topological polar surface area (TPSA) is 53.4 Å². The molecule has 1 aromatic heterocycles. The molecule has 0 fully saturated rings. The van der Waals surface area contributed by atoms with Gasteiger partial charge in [0.2, 0.25) is 0 Å². The normalized spacial score (nSPS) is 10.9. The number of para-hydroxylation sites is 1. The van der Waals surface area contributed by atoms with Crippen molar-refractivity contribution in [2.24, 2.45) is 0 Å². The molecule has 0 saturated heterocycles. The van der Waals surface area contributed by atoms with Gasteiger partial charge in [0.1, 0.15) is 5.01 Å². The highest BCUT2D eigenvalue weighted by molar-refractivity contribution is 7.21. The van der Waals surface area contributed by atoms with Crippen LogP contribution in [0.1, 0.15) is 5.56 Å². The minimum absolute atomic E-state index is 0.117. The number of hydrogen-bond acceptors (Lipinski definition) is 4. The molecule has 0 aliphatic carbocycles. The number of hydrogen-bond donors (Lipinski definition) is 2. The predicted octanol–water partition coefficient (Wildman–Crippen LogP) is 3.68. The largest absolute Gasteiger partial charge is 0.504 e. The standard InChI is InChI=1S/C14H11NO2S/c1-8-5-6-10-12(7-8)18-14(15-10)9-3-2-4-11(16)13(9)17/h2-7,16-17H,1H3. The molecule has 4 heteroatoms. The van der Waals surface area contributed by atoms with Crippen molar-refractivity contribution < 1.29 is 10.2 Å². The Labute approximate surface area is 108 Å². The molecule has 2 N–H and O–H groups in total. The van der Waals surface area contributed by atoms with Crippen molar-refractivity contribution in [1.82, 2.24) is 4.98 Å². The molecule has 18 heavy (non-hydrogen) atoms. The number of aromatic hydroxyl groups is 2. The number of phenols is 2. The fourth-order valence-corrected chi connectivity index (χ4v) is 2.94. The van der Waals surface area contributed by atoms with E-state index in [1.54, 1.807) is 12.1 Å². The van der Waals surface area contributed by atoms with Gasteiger partial charge in [0.05, 0.1) is 15.8 Å². The zero-order chi connectivity index (χ0) is 12.7. The third kappa shape index (κ3) is 1.71. The van der Waals surface area contributed by atoms with E-state index in [0.29, 0.717) is 10.6 Å². The SMILES string of the molecule is Cc1ccc2nc(-c3cccc(O)c3O)sc2c1. The van der Waals surface area contributed by atoms with Crippen LogP contribution in [0.25, 0.3) is 20.8 Å². The van der Waals surface area contributed by atoms with E-state index >= 15 is 0 Å². The highest BCUT2D eigenvalue weighted by Gasteiger charge is 2.12. The molecule has 1 heterocycles. The highest BCUT2D eigenvalue weighted by Crippen LogP contribution is 2.39. The maximum absolute atomic E-state index is 9.85. The van der Waals surface area contributed by atoms with Crippen LogP contribution in [0.2, 0.25) is 0 Å². The Balaban J connectivity index is 2.22. The number of aromatic nitrogens is 1. The number of rotatable bonds is 1. The van der Waals surface area contributed by atoms with Crippen molar-refractivity contribution in [1.29, 1.82) is 0 Å². The first-order chi connectivity index (χ1) is 8.65. The molecule has 0 spiro atoms. The van der Waals surface area contributed by atoms with E-state index in [4.69, 9.17) is 0 Å². The highest BCUT2D eigenvalue weighted by atomic mass is 32.1. The molecular weight excluding hydrogens is 246 g/mol. The zero-order valence-electron chi connectivity index (χ0n) is 9.71. The minimum atomic E-state index is -0.122. The van der Waals surface area contributed by atoms with Crippen LogP contribution < -0.4 is 0 Å². The van der Waals surface area contributed by atoms with Crippen LogP contribution in [0.3, 0.4) is 0 Å². The minimum Gasteiger partial charge on any atom is -0.504 e. The Morgan fingerprint density at radius 1 is 1.11 bits per heavy atom. The van der Waals surface area contributed by atoms with Gasteiger partial charge in [0, 0.05) is 0 Å². The van der Waals surface area contributed by atoms with E-state index < -0.39 is 0 Å². The molecule has 3 aromatic rings. The second-order valence-corrected chi connectivity index (χ2v) is 5.19. The average Bonchev–Trinajstić information content (AvgIpc) is 2.75. The van der Waals surface area contributed by atoms with Gasteiger partial charge in [-0.3, -0.25) is 0 Å². The smallest absolute Gasteiger partial charge is 0.167 e. The van der Waals surface area contributed by atoms with Crippen molar-refractivity contribution in [3.63, 3.8) is 0 Å². The molecule has 0 amide bonds. The van der Waals surface area contributed by atoms with Gasteiger partial charge in [-0.2, -0.15) is 0 Å². The molecular formula is C14H11NO2S. The summed E-state index contributed by atoms with van der Waals surface area (Å²) in [6.07, 6.45) is 0. The molecule has 3 rings (SSSR count). The Hall–Kier alpha value is -2.07. The fraction of sp³-hybridized carbons (Fsp3) is 0.0714. The summed E-state index contributed by atoms with van der Waals surface area (Å²) in [6, 6.07) is 10.9. The number of thiazole rings is 1. The summed E-state index contributed by atoms with van der Waals surface area (Å²) < 4.78 is 1.08. The lowest BCUT2D eigenvalue weighted by Crippen LogP contribution is -1.78. The summed E-state index contributed by atoms with van der Waals surface area (Å²) >= 11 is 1.51. The van der Waals surface area contributed by atoms with Crippen molar-refractivity contribution in [2.75, 3.05) is 0 Å². The van der Waals surface area contributed by atoms with Gasteiger partial charge in [-0.15, -0.1) is 11.3 Å². The molecule has 0 atom stereocenters. The van der Waals surface area contributed by atoms with Crippen LogP contribution in [0, 0.1) is 6.92 Å². The van der Waals surface area contributed by atoms with Crippen LogP contribution in [0.5, 0.6) is 11.5 Å². The molecule has 0 unspecified atom stereocenters. The van der Waals surface area contributed by atoms with Gasteiger partial charge in [0.15, 0.2) is 11.5 Å². The number of nitrogens with zero attached hydrogens (tertiary/aromatic N) is 1. The molecule has 3 nitrogen and oxygen atoms in total. The van der Waals surface area contributed by atoms with E-state index in [9.17, 15) is 10.2 Å². The summed E-state index contributed by atoms with van der Waals surface area (Å²) in [5.41, 5.74) is 2.65. The van der Waals surface area contributed by atoms with Crippen LogP contribution in [-0.4, -0.2) is 15.2 Å². The fourth-order valence-electron chi connectivity index (χ4n) is 1.85. The van der Waals surface area contributed by atoms with E-state index in [1.807, 2.05) is 19.1 Å². The van der Waals surface area contributed by atoms with Crippen LogP contribution in [0.15, 0.2) is 36.4 Å². The van der Waals surface area contributed by atoms with Gasteiger partial charge in [-0.1, -0.05) is 12.1 Å². The van der Waals surface area contributed by atoms with Crippen LogP contribution >= 0.6 is 11.3 Å². The molecule has 0 radical (unpaired) electrons. The quantitative estimate of drug-likeness (QED) is 0.654. The summed E-state index contributed by atoms with van der Waals surface area (Å²) in [6.45, 7) is 2.03. The first-order valence-corrected chi connectivity index (χ1v) is 6.35. The summed E-state index contributed by atoms with van der Waals surface area (Å²) in [5.74, 6) is -0.240. The molecule has 0 aliphatic heterocycles. The summed E-state index contributed by atoms with van der Waals surface area (Å²) in [5, 5.41) is 20.1. The van der Waals surface area contributed by atoms with E-state index in [1.165, 1.54) is 23.0 Å². The summed E-state index contributed by atoms with van der Waals surface area (Å²) in [4.78, 5) is 4.47. The lowest BCUT2D eigenvalue weighted by atomic mass is 10.2. The van der Waals surface area contributed by atoms with Gasteiger partial charge in [-0.25, -0.2) is 4.98 Å². The average molecular weight is 257 g/mol. The molecule has 2 aromatic carbocycles. The van der Waals surface area contributed by atoms with Crippen molar-refractivity contribution in [2.45, 2.75) is 6.92 Å². The maximum Gasteiger partial charge on any atom is 0.167 e. The lowest BCUT2D eigenvalue weighted by molar-refractivity contribution is 0.405. The third-order valence-corrected chi connectivity index (χ3v) is 3.84. The van der Waals surface area contributed by atoms with E-state index in [2.05, 4.69) is 11.1 Å². The van der Waals surface area contributed by atoms with E-state index in [0.717, 1.165) is 10.2 Å². The first kappa shape index (κ1) is 11.0. The van der Waals surface area contributed by atoms with Crippen molar-refractivity contribution >= 4 is 21.6 Å². The van der Waals surface area contributed by atoms with Gasteiger partial charge >= 0.3 is 0 Å². The zero-order valence-corrected chi connectivity index (χ0v) is 10.5. The molecule has 0 saturated carbocycles. The van der Waals surface area contributed by atoms with Gasteiger partial charge in [-0.05, 0) is 36.8 Å². The Kier molecular flexibility index (Phi) is 2.45. The molecule has 90 valence electrons. The second-order valence-electron chi connectivity index (χ2n) is 4.16.